The van der Waals surface area contributed by atoms with Crippen LogP contribution in [0.15, 0.2) is 18.2 Å². The number of nitrogens with zero attached hydrogens (tertiary/aromatic N) is 1. The van der Waals surface area contributed by atoms with E-state index in [9.17, 15) is 4.79 Å². The molecule has 1 saturated heterocycles. The van der Waals surface area contributed by atoms with E-state index in [0.717, 1.165) is 6.54 Å². The van der Waals surface area contributed by atoms with E-state index in [4.69, 9.17) is 23.2 Å². The zero-order valence-corrected chi connectivity index (χ0v) is 11.1. The van der Waals surface area contributed by atoms with Gasteiger partial charge in [0, 0.05) is 30.7 Å². The molecule has 17 heavy (non-hydrogen) atoms. The van der Waals surface area contributed by atoms with Crippen LogP contribution in [0.3, 0.4) is 0 Å². The Kier molecular flexibility index (Phi) is 3.92. The fourth-order valence-electron chi connectivity index (χ4n) is 1.95. The number of carbonyl (C=O) groups is 1. The van der Waals surface area contributed by atoms with Crippen LogP contribution in [0.1, 0.15) is 17.3 Å². The highest BCUT2D eigenvalue weighted by atomic mass is 35.5. The van der Waals surface area contributed by atoms with Crippen LogP contribution in [0.5, 0.6) is 0 Å². The van der Waals surface area contributed by atoms with Crippen LogP contribution in [0.25, 0.3) is 0 Å². The molecule has 92 valence electrons. The lowest BCUT2D eigenvalue weighted by atomic mass is 10.1. The zero-order chi connectivity index (χ0) is 12.4. The standard InChI is InChI=1S/C12H14Cl2N2O/c1-8-7-16(5-4-15-8)12(17)10-3-2-9(13)6-11(10)14/h2-3,6,8,15H,4-5,7H2,1H3/t8-/m1/s1. The van der Waals surface area contributed by atoms with Gasteiger partial charge in [0.25, 0.3) is 5.91 Å². The van der Waals surface area contributed by atoms with Crippen LogP contribution in [-0.4, -0.2) is 36.5 Å². The van der Waals surface area contributed by atoms with Crippen molar-refractivity contribution in [2.75, 3.05) is 19.6 Å². The summed E-state index contributed by atoms with van der Waals surface area (Å²) in [5, 5.41) is 4.25. The smallest absolute Gasteiger partial charge is 0.255 e. The van der Waals surface area contributed by atoms with Crippen LogP contribution in [-0.2, 0) is 0 Å². The molecule has 0 radical (unpaired) electrons. The van der Waals surface area contributed by atoms with Gasteiger partial charge in [-0.15, -0.1) is 0 Å². The summed E-state index contributed by atoms with van der Waals surface area (Å²) in [6.45, 7) is 4.29. The zero-order valence-electron chi connectivity index (χ0n) is 9.54. The van der Waals surface area contributed by atoms with Crippen molar-refractivity contribution in [3.63, 3.8) is 0 Å². The molecule has 3 nitrogen and oxygen atoms in total. The van der Waals surface area contributed by atoms with Crippen molar-refractivity contribution in [1.82, 2.24) is 10.2 Å². The van der Waals surface area contributed by atoms with Gasteiger partial charge < -0.3 is 10.2 Å². The van der Waals surface area contributed by atoms with E-state index in [1.165, 1.54) is 0 Å². The summed E-state index contributed by atoms with van der Waals surface area (Å²) in [7, 11) is 0. The minimum atomic E-state index is -0.0278. The highest BCUT2D eigenvalue weighted by molar-refractivity contribution is 6.36. The minimum absolute atomic E-state index is 0.0278. The molecular formula is C12H14Cl2N2O. The van der Waals surface area contributed by atoms with Crippen molar-refractivity contribution in [2.24, 2.45) is 0 Å². The molecule has 1 aliphatic rings. The fraction of sp³-hybridized carbons (Fsp3) is 0.417. The first-order chi connectivity index (χ1) is 8.08. The van der Waals surface area contributed by atoms with Crippen molar-refractivity contribution >= 4 is 29.1 Å². The Morgan fingerprint density at radius 1 is 1.47 bits per heavy atom. The highest BCUT2D eigenvalue weighted by Crippen LogP contribution is 2.22. The monoisotopic (exact) mass is 272 g/mol. The molecule has 1 amide bonds. The molecule has 1 N–H and O–H groups in total. The number of amides is 1. The summed E-state index contributed by atoms with van der Waals surface area (Å²) < 4.78 is 0. The van der Waals surface area contributed by atoms with Gasteiger partial charge in [0.2, 0.25) is 0 Å². The lowest BCUT2D eigenvalue weighted by Gasteiger charge is -2.32. The molecule has 1 aromatic carbocycles. The molecule has 2 rings (SSSR count). The Morgan fingerprint density at radius 3 is 2.88 bits per heavy atom. The molecule has 0 bridgehead atoms. The molecule has 1 aliphatic heterocycles. The van der Waals surface area contributed by atoms with Crippen LogP contribution < -0.4 is 5.32 Å². The summed E-state index contributed by atoms with van der Waals surface area (Å²) >= 11 is 11.8. The predicted octanol–water partition coefficient (Wildman–Crippen LogP) is 2.43. The fourth-order valence-corrected chi connectivity index (χ4v) is 2.44. The molecule has 0 aliphatic carbocycles. The topological polar surface area (TPSA) is 32.3 Å². The van der Waals surface area contributed by atoms with E-state index in [0.29, 0.717) is 34.7 Å². The first-order valence-corrected chi connectivity index (χ1v) is 6.31. The minimum Gasteiger partial charge on any atom is -0.336 e. The van der Waals surface area contributed by atoms with E-state index in [1.54, 1.807) is 18.2 Å². The molecule has 1 aromatic rings. The van der Waals surface area contributed by atoms with Gasteiger partial charge in [0.15, 0.2) is 0 Å². The number of hydrogen-bond acceptors (Lipinski definition) is 2. The number of benzene rings is 1. The Bertz CT molecular complexity index is 437. The first-order valence-electron chi connectivity index (χ1n) is 5.55. The van der Waals surface area contributed by atoms with E-state index >= 15 is 0 Å². The van der Waals surface area contributed by atoms with Gasteiger partial charge in [-0.2, -0.15) is 0 Å². The average molecular weight is 273 g/mol. The van der Waals surface area contributed by atoms with Crippen LogP contribution in [0.2, 0.25) is 10.0 Å². The summed E-state index contributed by atoms with van der Waals surface area (Å²) in [5.41, 5.74) is 0.519. The molecule has 0 unspecified atom stereocenters. The summed E-state index contributed by atoms with van der Waals surface area (Å²) in [4.78, 5) is 14.1. The van der Waals surface area contributed by atoms with Crippen molar-refractivity contribution in [1.29, 1.82) is 0 Å². The highest BCUT2D eigenvalue weighted by Gasteiger charge is 2.23. The number of hydrogen-bond donors (Lipinski definition) is 1. The van der Waals surface area contributed by atoms with Crippen LogP contribution in [0.4, 0.5) is 0 Å². The van der Waals surface area contributed by atoms with Gasteiger partial charge >= 0.3 is 0 Å². The van der Waals surface area contributed by atoms with Crippen LogP contribution >= 0.6 is 23.2 Å². The number of halogens is 2. The Balaban J connectivity index is 2.18. The van der Waals surface area contributed by atoms with E-state index in [1.807, 2.05) is 4.90 Å². The van der Waals surface area contributed by atoms with Gasteiger partial charge in [-0.25, -0.2) is 0 Å². The first kappa shape index (κ1) is 12.7. The Morgan fingerprint density at radius 2 is 2.24 bits per heavy atom. The molecule has 0 saturated carbocycles. The number of nitrogens with one attached hydrogen (secondary N) is 1. The maximum Gasteiger partial charge on any atom is 0.255 e. The third-order valence-electron chi connectivity index (χ3n) is 2.82. The van der Waals surface area contributed by atoms with Gasteiger partial charge in [-0.1, -0.05) is 23.2 Å². The quantitative estimate of drug-likeness (QED) is 0.852. The second-order valence-corrected chi connectivity index (χ2v) is 5.07. The van der Waals surface area contributed by atoms with E-state index < -0.39 is 0 Å². The van der Waals surface area contributed by atoms with Crippen LogP contribution in [0, 0.1) is 0 Å². The largest absolute Gasteiger partial charge is 0.336 e. The molecular weight excluding hydrogens is 259 g/mol. The maximum absolute atomic E-state index is 12.2. The second-order valence-electron chi connectivity index (χ2n) is 4.23. The predicted molar refractivity (Wildman–Crippen MR) is 69.8 cm³/mol. The van der Waals surface area contributed by atoms with Gasteiger partial charge in [-0.3, -0.25) is 4.79 Å². The number of piperazine rings is 1. The average Bonchev–Trinajstić information content (AvgIpc) is 2.28. The molecule has 1 atom stereocenters. The third-order valence-corrected chi connectivity index (χ3v) is 3.37. The summed E-state index contributed by atoms with van der Waals surface area (Å²) in [6.07, 6.45) is 0. The lowest BCUT2D eigenvalue weighted by Crippen LogP contribution is -2.51. The second kappa shape index (κ2) is 5.25. The Hall–Kier alpha value is -0.770. The summed E-state index contributed by atoms with van der Waals surface area (Å²) in [5.74, 6) is -0.0278. The van der Waals surface area contributed by atoms with Crippen molar-refractivity contribution in [3.05, 3.63) is 33.8 Å². The molecule has 5 heteroatoms. The molecule has 0 aromatic heterocycles. The SMILES string of the molecule is C[C@@H]1CN(C(=O)c2ccc(Cl)cc2Cl)CCN1. The van der Waals surface area contributed by atoms with E-state index in [2.05, 4.69) is 12.2 Å². The van der Waals surface area contributed by atoms with Gasteiger partial charge in [-0.05, 0) is 25.1 Å². The van der Waals surface area contributed by atoms with Gasteiger partial charge in [0.05, 0.1) is 10.6 Å². The van der Waals surface area contributed by atoms with Crippen molar-refractivity contribution < 1.29 is 4.79 Å². The summed E-state index contributed by atoms with van der Waals surface area (Å²) in [6, 6.07) is 5.28. The Labute approximate surface area is 111 Å². The normalized spacial score (nSPS) is 20.4. The van der Waals surface area contributed by atoms with E-state index in [-0.39, 0.29) is 5.91 Å². The van der Waals surface area contributed by atoms with Crippen molar-refractivity contribution in [3.8, 4) is 0 Å². The lowest BCUT2D eigenvalue weighted by molar-refractivity contribution is 0.0709. The molecule has 0 spiro atoms. The molecule has 1 heterocycles. The van der Waals surface area contributed by atoms with Gasteiger partial charge in [0.1, 0.15) is 0 Å². The molecule has 1 fully saturated rings. The maximum atomic E-state index is 12.2. The third kappa shape index (κ3) is 2.92. The number of carbonyl (C=O) groups excluding carboxylic acids is 1. The number of rotatable bonds is 1. The van der Waals surface area contributed by atoms with Crippen molar-refractivity contribution in [2.45, 2.75) is 13.0 Å².